The molecular weight excluding hydrogens is 250 g/mol. The molecule has 0 aromatic carbocycles. The maximum absolute atomic E-state index is 6.12. The zero-order chi connectivity index (χ0) is 14.1. The maximum Gasteiger partial charge on any atom is 0.0948 e. The Labute approximate surface area is 121 Å². The van der Waals surface area contributed by atoms with E-state index in [1.54, 1.807) is 0 Å². The Morgan fingerprint density at radius 2 is 2.30 bits per heavy atom. The molecule has 0 amide bonds. The molecule has 1 aromatic heterocycles. The van der Waals surface area contributed by atoms with E-state index in [2.05, 4.69) is 33.2 Å². The molecule has 0 radical (unpaired) electrons. The molecule has 3 heterocycles. The van der Waals surface area contributed by atoms with Gasteiger partial charge in [-0.1, -0.05) is 0 Å². The Hall–Kier alpha value is -0.910. The smallest absolute Gasteiger partial charge is 0.0948 e. The van der Waals surface area contributed by atoms with E-state index in [1.165, 1.54) is 31.6 Å². The third-order valence-electron chi connectivity index (χ3n) is 5.04. The minimum Gasteiger partial charge on any atom is -0.333 e. The van der Waals surface area contributed by atoms with Crippen LogP contribution >= 0.6 is 0 Å². The molecule has 3 rings (SSSR count). The van der Waals surface area contributed by atoms with Crippen molar-refractivity contribution in [1.82, 2.24) is 19.4 Å². The standard InChI is InChI=1S/C15H27N5/c1-3-18-11-17-8-15(18)14(7-16)20-10-13-5-4-6-19(13)9-12(20)2/h8,11-14H,3-7,9-10,16H2,1-2H3. The van der Waals surface area contributed by atoms with Crippen molar-refractivity contribution in [3.63, 3.8) is 0 Å². The second-order valence-corrected chi connectivity index (χ2v) is 6.19. The van der Waals surface area contributed by atoms with Gasteiger partial charge in [0.25, 0.3) is 0 Å². The number of aromatic nitrogens is 2. The largest absolute Gasteiger partial charge is 0.333 e. The van der Waals surface area contributed by atoms with Gasteiger partial charge < -0.3 is 10.3 Å². The van der Waals surface area contributed by atoms with Gasteiger partial charge in [-0.2, -0.15) is 0 Å². The zero-order valence-corrected chi connectivity index (χ0v) is 12.7. The summed E-state index contributed by atoms with van der Waals surface area (Å²) < 4.78 is 2.23. The Balaban J connectivity index is 1.81. The van der Waals surface area contributed by atoms with Gasteiger partial charge in [0.15, 0.2) is 0 Å². The van der Waals surface area contributed by atoms with Gasteiger partial charge in [0.2, 0.25) is 0 Å². The minimum atomic E-state index is 0.301. The fourth-order valence-corrected chi connectivity index (χ4v) is 3.94. The summed E-state index contributed by atoms with van der Waals surface area (Å²) in [5, 5.41) is 0. The van der Waals surface area contributed by atoms with Crippen molar-refractivity contribution in [1.29, 1.82) is 0 Å². The summed E-state index contributed by atoms with van der Waals surface area (Å²) >= 11 is 0. The number of fused-ring (bicyclic) bond motifs is 1. The van der Waals surface area contributed by atoms with E-state index in [1.807, 2.05) is 12.5 Å². The van der Waals surface area contributed by atoms with E-state index in [4.69, 9.17) is 5.73 Å². The number of aryl methyl sites for hydroxylation is 1. The van der Waals surface area contributed by atoms with Crippen LogP contribution in [0.2, 0.25) is 0 Å². The van der Waals surface area contributed by atoms with Gasteiger partial charge in [0.1, 0.15) is 0 Å². The lowest BCUT2D eigenvalue weighted by Crippen LogP contribution is -2.56. The molecule has 20 heavy (non-hydrogen) atoms. The van der Waals surface area contributed by atoms with Crippen LogP contribution in [0.1, 0.15) is 38.4 Å². The summed E-state index contributed by atoms with van der Waals surface area (Å²) in [6.07, 6.45) is 6.61. The molecule has 0 saturated carbocycles. The number of nitrogens with zero attached hydrogens (tertiary/aromatic N) is 4. The normalized spacial score (nSPS) is 29.6. The maximum atomic E-state index is 6.12. The van der Waals surface area contributed by atoms with Gasteiger partial charge in [-0.15, -0.1) is 0 Å². The summed E-state index contributed by atoms with van der Waals surface area (Å²) in [4.78, 5) is 9.58. The lowest BCUT2D eigenvalue weighted by atomic mass is 10.0. The van der Waals surface area contributed by atoms with Crippen LogP contribution < -0.4 is 5.73 Å². The fourth-order valence-electron chi connectivity index (χ4n) is 3.94. The van der Waals surface area contributed by atoms with Crippen molar-refractivity contribution in [2.45, 2.75) is 51.4 Å². The fraction of sp³-hybridized carbons (Fsp3) is 0.800. The SMILES string of the molecule is CCn1cncc1C(CN)N1CC2CCCN2CC1C. The number of imidazole rings is 1. The topological polar surface area (TPSA) is 50.3 Å². The molecule has 3 atom stereocenters. The van der Waals surface area contributed by atoms with Crippen LogP contribution in [0.5, 0.6) is 0 Å². The van der Waals surface area contributed by atoms with Crippen molar-refractivity contribution in [2.24, 2.45) is 5.73 Å². The summed E-state index contributed by atoms with van der Waals surface area (Å²) in [6.45, 7) is 9.75. The Kier molecular flexibility index (Phi) is 4.10. The van der Waals surface area contributed by atoms with Crippen LogP contribution in [-0.2, 0) is 6.54 Å². The van der Waals surface area contributed by atoms with Crippen LogP contribution in [0, 0.1) is 0 Å². The molecule has 2 aliphatic heterocycles. The summed E-state index contributed by atoms with van der Waals surface area (Å²) in [5.41, 5.74) is 7.39. The Bertz CT molecular complexity index is 443. The molecule has 2 N–H and O–H groups in total. The summed E-state index contributed by atoms with van der Waals surface area (Å²) in [5.74, 6) is 0. The molecule has 5 nitrogen and oxygen atoms in total. The van der Waals surface area contributed by atoms with Crippen molar-refractivity contribution in [2.75, 3.05) is 26.2 Å². The first-order valence-corrected chi connectivity index (χ1v) is 7.94. The predicted octanol–water partition coefficient (Wildman–Crippen LogP) is 1.07. The lowest BCUT2D eigenvalue weighted by molar-refractivity contribution is 0.0274. The van der Waals surface area contributed by atoms with Gasteiger partial charge >= 0.3 is 0 Å². The van der Waals surface area contributed by atoms with Crippen LogP contribution in [0.15, 0.2) is 12.5 Å². The van der Waals surface area contributed by atoms with Gasteiger partial charge in [-0.05, 0) is 33.2 Å². The molecule has 3 unspecified atom stereocenters. The quantitative estimate of drug-likeness (QED) is 0.894. The van der Waals surface area contributed by atoms with Gasteiger partial charge in [-0.25, -0.2) is 4.98 Å². The first-order valence-electron chi connectivity index (χ1n) is 7.94. The van der Waals surface area contributed by atoms with E-state index < -0.39 is 0 Å². The van der Waals surface area contributed by atoms with Crippen molar-refractivity contribution in [3.05, 3.63) is 18.2 Å². The molecule has 112 valence electrons. The lowest BCUT2D eigenvalue weighted by Gasteiger charge is -2.45. The number of nitrogens with two attached hydrogens (primary N) is 1. The minimum absolute atomic E-state index is 0.301. The molecule has 2 fully saturated rings. The van der Waals surface area contributed by atoms with Gasteiger partial charge in [0, 0.05) is 44.5 Å². The van der Waals surface area contributed by atoms with Crippen LogP contribution in [-0.4, -0.2) is 57.6 Å². The second-order valence-electron chi connectivity index (χ2n) is 6.19. The van der Waals surface area contributed by atoms with Crippen molar-refractivity contribution in [3.8, 4) is 0 Å². The predicted molar refractivity (Wildman–Crippen MR) is 80.5 cm³/mol. The molecule has 0 spiro atoms. The summed E-state index contributed by atoms with van der Waals surface area (Å²) in [6, 6.07) is 1.60. The second kappa shape index (κ2) is 5.84. The molecule has 0 aliphatic carbocycles. The third-order valence-corrected chi connectivity index (χ3v) is 5.04. The number of hydrogen-bond donors (Lipinski definition) is 1. The monoisotopic (exact) mass is 277 g/mol. The van der Waals surface area contributed by atoms with E-state index in [-0.39, 0.29) is 0 Å². The van der Waals surface area contributed by atoms with E-state index in [0.29, 0.717) is 18.6 Å². The number of hydrogen-bond acceptors (Lipinski definition) is 4. The van der Waals surface area contributed by atoms with Crippen LogP contribution in [0.25, 0.3) is 0 Å². The molecule has 1 aromatic rings. The van der Waals surface area contributed by atoms with Crippen molar-refractivity contribution >= 4 is 0 Å². The molecule has 2 saturated heterocycles. The highest BCUT2D eigenvalue weighted by atomic mass is 15.3. The highest BCUT2D eigenvalue weighted by Crippen LogP contribution is 2.30. The van der Waals surface area contributed by atoms with Gasteiger partial charge in [0.05, 0.1) is 18.1 Å². The van der Waals surface area contributed by atoms with E-state index in [9.17, 15) is 0 Å². The Morgan fingerprint density at radius 1 is 1.45 bits per heavy atom. The molecule has 0 bridgehead atoms. The third kappa shape index (κ3) is 2.38. The Morgan fingerprint density at radius 3 is 3.05 bits per heavy atom. The van der Waals surface area contributed by atoms with E-state index in [0.717, 1.165) is 19.1 Å². The molecule has 2 aliphatic rings. The molecule has 5 heteroatoms. The summed E-state index contributed by atoms with van der Waals surface area (Å²) in [7, 11) is 0. The average Bonchev–Trinajstić information content (AvgIpc) is 3.08. The molecular formula is C15H27N5. The zero-order valence-electron chi connectivity index (χ0n) is 12.7. The first-order chi connectivity index (χ1) is 9.74. The van der Waals surface area contributed by atoms with Crippen LogP contribution in [0.3, 0.4) is 0 Å². The number of piperazine rings is 1. The highest BCUT2D eigenvalue weighted by Gasteiger charge is 2.37. The highest BCUT2D eigenvalue weighted by molar-refractivity contribution is 5.09. The van der Waals surface area contributed by atoms with Crippen LogP contribution in [0.4, 0.5) is 0 Å². The first kappa shape index (κ1) is 14.0. The van der Waals surface area contributed by atoms with E-state index >= 15 is 0 Å². The average molecular weight is 277 g/mol. The van der Waals surface area contributed by atoms with Gasteiger partial charge in [-0.3, -0.25) is 9.80 Å². The number of rotatable bonds is 4. The van der Waals surface area contributed by atoms with Crippen molar-refractivity contribution < 1.29 is 0 Å².